The Kier molecular flexibility index (Phi) is 3.49. The van der Waals surface area contributed by atoms with Crippen LogP contribution in [0.3, 0.4) is 0 Å². The number of carbonyl (C=O) groups is 1. The van der Waals surface area contributed by atoms with E-state index in [1.54, 1.807) is 6.92 Å². The van der Waals surface area contributed by atoms with Crippen molar-refractivity contribution >= 4 is 17.1 Å². The molecule has 0 aliphatic heterocycles. The number of halogens is 3. The highest BCUT2D eigenvalue weighted by atomic mass is 32.1. The zero-order valence-corrected chi connectivity index (χ0v) is 11.2. The second-order valence-electron chi connectivity index (χ2n) is 4.28. The summed E-state index contributed by atoms with van der Waals surface area (Å²) in [6.07, 6.45) is -4.43. The average Bonchev–Trinajstić information content (AvgIpc) is 2.66. The maximum Gasteiger partial charge on any atom is 0.416 e. The Bertz CT molecular complexity index is 626. The van der Waals surface area contributed by atoms with Crippen LogP contribution >= 0.6 is 11.3 Å². The van der Waals surface area contributed by atoms with Crippen LogP contribution in [0.15, 0.2) is 30.3 Å². The van der Waals surface area contributed by atoms with Gasteiger partial charge in [-0.3, -0.25) is 4.79 Å². The molecule has 0 spiro atoms. The molecule has 0 atom stereocenters. The fourth-order valence-electron chi connectivity index (χ4n) is 1.83. The molecule has 2 aromatic rings. The molecule has 0 radical (unpaired) electrons. The first kappa shape index (κ1) is 13.8. The Hall–Kier alpha value is -1.62. The monoisotopic (exact) mass is 284 g/mol. The normalized spacial score (nSPS) is 11.6. The number of hydrogen-bond donors (Lipinski definition) is 0. The van der Waals surface area contributed by atoms with E-state index in [4.69, 9.17) is 0 Å². The van der Waals surface area contributed by atoms with Gasteiger partial charge in [-0.25, -0.2) is 0 Å². The lowest BCUT2D eigenvalue weighted by Gasteiger charge is -2.07. The van der Waals surface area contributed by atoms with Gasteiger partial charge in [0.15, 0.2) is 0 Å². The minimum absolute atomic E-state index is 0.0692. The van der Waals surface area contributed by atoms with Gasteiger partial charge in [0.2, 0.25) is 5.78 Å². The van der Waals surface area contributed by atoms with Crippen molar-refractivity contribution in [3.63, 3.8) is 0 Å². The van der Waals surface area contributed by atoms with Crippen molar-refractivity contribution in [1.82, 2.24) is 0 Å². The number of benzene rings is 1. The zero-order chi connectivity index (χ0) is 14.2. The lowest BCUT2D eigenvalue weighted by molar-refractivity contribution is -0.137. The summed E-state index contributed by atoms with van der Waals surface area (Å²) in [4.78, 5) is 13.7. The molecule has 0 bridgehead atoms. The van der Waals surface area contributed by atoms with E-state index in [-0.39, 0.29) is 11.3 Å². The van der Waals surface area contributed by atoms with Gasteiger partial charge in [-0.2, -0.15) is 13.2 Å². The Balaban J connectivity index is 2.43. The van der Waals surface area contributed by atoms with E-state index in [1.807, 2.05) is 13.0 Å². The van der Waals surface area contributed by atoms with Crippen molar-refractivity contribution < 1.29 is 18.0 Å². The molecule has 0 unspecified atom stereocenters. The van der Waals surface area contributed by atoms with Crippen LogP contribution in [-0.2, 0) is 6.18 Å². The summed E-state index contributed by atoms with van der Waals surface area (Å²) in [5, 5.41) is 0. The van der Waals surface area contributed by atoms with E-state index >= 15 is 0 Å². The van der Waals surface area contributed by atoms with Crippen LogP contribution in [0.5, 0.6) is 0 Å². The number of alkyl halides is 3. The van der Waals surface area contributed by atoms with Crippen LogP contribution < -0.4 is 0 Å². The first-order chi connectivity index (χ1) is 8.79. The molecule has 0 N–H and O–H groups in total. The molecule has 1 heterocycles. The lowest BCUT2D eigenvalue weighted by atomic mass is 10.0. The molecular weight excluding hydrogens is 273 g/mol. The molecule has 5 heteroatoms. The second-order valence-corrected chi connectivity index (χ2v) is 5.53. The Morgan fingerprint density at radius 2 is 1.84 bits per heavy atom. The largest absolute Gasteiger partial charge is 0.416 e. The van der Waals surface area contributed by atoms with E-state index < -0.39 is 11.7 Å². The average molecular weight is 284 g/mol. The summed E-state index contributed by atoms with van der Waals surface area (Å²) >= 11 is 1.30. The van der Waals surface area contributed by atoms with E-state index in [1.165, 1.54) is 23.5 Å². The summed E-state index contributed by atoms with van der Waals surface area (Å²) in [5.41, 5.74) is 0.0639. The van der Waals surface area contributed by atoms with Gasteiger partial charge >= 0.3 is 6.18 Å². The van der Waals surface area contributed by atoms with E-state index in [0.717, 1.165) is 22.6 Å². The van der Waals surface area contributed by atoms with Crippen molar-refractivity contribution in [2.24, 2.45) is 0 Å². The van der Waals surface area contributed by atoms with E-state index in [0.29, 0.717) is 4.88 Å². The van der Waals surface area contributed by atoms with Crippen molar-refractivity contribution in [3.05, 3.63) is 56.8 Å². The van der Waals surface area contributed by atoms with Crippen molar-refractivity contribution in [2.75, 3.05) is 0 Å². The number of rotatable bonds is 2. The molecule has 1 aromatic heterocycles. The number of hydrogen-bond acceptors (Lipinski definition) is 2. The molecule has 0 aliphatic rings. The van der Waals surface area contributed by atoms with Crippen molar-refractivity contribution in [1.29, 1.82) is 0 Å². The maximum atomic E-state index is 12.6. The van der Waals surface area contributed by atoms with Gasteiger partial charge in [-0.05, 0) is 37.6 Å². The van der Waals surface area contributed by atoms with Crippen LogP contribution in [0.4, 0.5) is 13.2 Å². The van der Waals surface area contributed by atoms with Crippen LogP contribution in [0, 0.1) is 13.8 Å². The summed E-state index contributed by atoms with van der Waals surface area (Å²) in [7, 11) is 0. The van der Waals surface area contributed by atoms with Crippen LogP contribution in [0.2, 0.25) is 0 Å². The Morgan fingerprint density at radius 1 is 1.16 bits per heavy atom. The van der Waals surface area contributed by atoms with Gasteiger partial charge < -0.3 is 0 Å². The smallest absolute Gasteiger partial charge is 0.288 e. The predicted octanol–water partition coefficient (Wildman–Crippen LogP) is 4.61. The Morgan fingerprint density at radius 3 is 2.37 bits per heavy atom. The number of ketones is 1. The third-order valence-electron chi connectivity index (χ3n) is 2.70. The maximum absolute atomic E-state index is 12.6. The third kappa shape index (κ3) is 2.87. The third-order valence-corrected chi connectivity index (χ3v) is 3.85. The van der Waals surface area contributed by atoms with Gasteiger partial charge in [-0.1, -0.05) is 12.1 Å². The van der Waals surface area contributed by atoms with Gasteiger partial charge in [0, 0.05) is 10.4 Å². The molecule has 2 rings (SSSR count). The molecule has 0 amide bonds. The molecule has 19 heavy (non-hydrogen) atoms. The van der Waals surface area contributed by atoms with Crippen LogP contribution in [0.25, 0.3) is 0 Å². The quantitative estimate of drug-likeness (QED) is 0.736. The summed E-state index contributed by atoms with van der Waals surface area (Å²) in [6.45, 7) is 3.64. The molecule has 100 valence electrons. The summed E-state index contributed by atoms with van der Waals surface area (Å²) < 4.78 is 37.8. The minimum atomic E-state index is -4.43. The fraction of sp³-hybridized carbons (Fsp3) is 0.214. The standard InChI is InChI=1S/C14H11F3OS/c1-8-6-9(2)19-13(8)12(18)10-4-3-5-11(7-10)14(15,16)17/h3-7H,1-2H3. The summed E-state index contributed by atoms with van der Waals surface area (Å²) in [6, 6.07) is 6.38. The summed E-state index contributed by atoms with van der Waals surface area (Å²) in [5.74, 6) is -0.360. The van der Waals surface area contributed by atoms with Gasteiger partial charge in [0.05, 0.1) is 10.4 Å². The van der Waals surface area contributed by atoms with Gasteiger partial charge in [-0.15, -0.1) is 11.3 Å². The highest BCUT2D eigenvalue weighted by Gasteiger charge is 2.31. The Labute approximate surface area is 112 Å². The van der Waals surface area contributed by atoms with Gasteiger partial charge in [0.1, 0.15) is 0 Å². The molecule has 0 fully saturated rings. The number of carbonyl (C=O) groups excluding carboxylic acids is 1. The molecular formula is C14H11F3OS. The molecule has 0 saturated heterocycles. The lowest BCUT2D eigenvalue weighted by Crippen LogP contribution is -2.07. The van der Waals surface area contributed by atoms with Crippen molar-refractivity contribution in [3.8, 4) is 0 Å². The van der Waals surface area contributed by atoms with E-state index in [2.05, 4.69) is 0 Å². The highest BCUT2D eigenvalue weighted by molar-refractivity contribution is 7.14. The first-order valence-electron chi connectivity index (χ1n) is 5.58. The van der Waals surface area contributed by atoms with Crippen molar-refractivity contribution in [2.45, 2.75) is 20.0 Å². The predicted molar refractivity (Wildman–Crippen MR) is 68.7 cm³/mol. The van der Waals surface area contributed by atoms with Gasteiger partial charge in [0.25, 0.3) is 0 Å². The molecule has 0 aliphatic carbocycles. The first-order valence-corrected chi connectivity index (χ1v) is 6.39. The fourth-order valence-corrected chi connectivity index (χ4v) is 2.82. The minimum Gasteiger partial charge on any atom is -0.288 e. The highest BCUT2D eigenvalue weighted by Crippen LogP contribution is 2.31. The SMILES string of the molecule is Cc1cc(C)c(C(=O)c2cccc(C(F)(F)F)c2)s1. The number of aryl methyl sites for hydroxylation is 2. The molecule has 1 nitrogen and oxygen atoms in total. The molecule has 0 saturated carbocycles. The number of thiophene rings is 1. The second kappa shape index (κ2) is 4.81. The topological polar surface area (TPSA) is 17.1 Å². The van der Waals surface area contributed by atoms with E-state index in [9.17, 15) is 18.0 Å². The molecule has 1 aromatic carbocycles. The van der Waals surface area contributed by atoms with Crippen LogP contribution in [0.1, 0.15) is 31.2 Å². The zero-order valence-electron chi connectivity index (χ0n) is 10.3. The van der Waals surface area contributed by atoms with Crippen LogP contribution in [-0.4, -0.2) is 5.78 Å².